The summed E-state index contributed by atoms with van der Waals surface area (Å²) in [5, 5.41) is 10.8. The summed E-state index contributed by atoms with van der Waals surface area (Å²) in [4.78, 5) is 25.2. The molecule has 0 atom stereocenters. The molecule has 24 heavy (non-hydrogen) atoms. The standard InChI is InChI=1S/C18H17N3O2S/c1-2-24-16-10-6-5-9-14(16)17(22)19-11-15-12-7-3-4-8-13(12)18(23)21-20-15/h3-10H,2,11H2,1H3,(H,19,22)(H,21,23). The van der Waals surface area contributed by atoms with Crippen LogP contribution in [0.2, 0.25) is 0 Å². The number of hydrogen-bond acceptors (Lipinski definition) is 4. The van der Waals surface area contributed by atoms with Gasteiger partial charge in [-0.3, -0.25) is 9.59 Å². The van der Waals surface area contributed by atoms with Gasteiger partial charge in [-0.1, -0.05) is 37.3 Å². The Hall–Kier alpha value is -2.60. The van der Waals surface area contributed by atoms with Crippen LogP contribution in [0.25, 0.3) is 10.8 Å². The molecule has 0 aliphatic carbocycles. The number of H-pyrrole nitrogens is 1. The number of carbonyl (C=O) groups excluding carboxylic acids is 1. The highest BCUT2D eigenvalue weighted by atomic mass is 32.2. The molecule has 1 amide bonds. The first kappa shape index (κ1) is 16.3. The lowest BCUT2D eigenvalue weighted by Gasteiger charge is -2.10. The quantitative estimate of drug-likeness (QED) is 0.701. The van der Waals surface area contributed by atoms with Gasteiger partial charge in [-0.15, -0.1) is 11.8 Å². The van der Waals surface area contributed by atoms with Crippen molar-refractivity contribution in [2.75, 3.05) is 5.75 Å². The zero-order valence-electron chi connectivity index (χ0n) is 13.2. The Kier molecular flexibility index (Phi) is 4.96. The van der Waals surface area contributed by atoms with E-state index >= 15 is 0 Å². The molecule has 0 fully saturated rings. The van der Waals surface area contributed by atoms with Gasteiger partial charge in [-0.2, -0.15) is 5.10 Å². The van der Waals surface area contributed by atoms with Gasteiger partial charge in [0.2, 0.25) is 0 Å². The molecular weight excluding hydrogens is 322 g/mol. The lowest BCUT2D eigenvalue weighted by molar-refractivity contribution is 0.0947. The molecule has 0 bridgehead atoms. The number of aromatic nitrogens is 2. The van der Waals surface area contributed by atoms with Crippen LogP contribution in [0.4, 0.5) is 0 Å². The molecule has 0 aliphatic heterocycles. The fourth-order valence-corrected chi connectivity index (χ4v) is 3.30. The van der Waals surface area contributed by atoms with E-state index in [-0.39, 0.29) is 18.0 Å². The number of hydrogen-bond donors (Lipinski definition) is 2. The Labute approximate surface area is 143 Å². The number of carbonyl (C=O) groups is 1. The second kappa shape index (κ2) is 7.31. The first-order valence-electron chi connectivity index (χ1n) is 7.67. The van der Waals surface area contributed by atoms with Crippen molar-refractivity contribution in [1.82, 2.24) is 15.5 Å². The molecule has 2 aromatic carbocycles. The predicted octanol–water partition coefficient (Wildman–Crippen LogP) is 2.97. The predicted molar refractivity (Wildman–Crippen MR) is 96.4 cm³/mol. The number of aromatic amines is 1. The maximum Gasteiger partial charge on any atom is 0.272 e. The largest absolute Gasteiger partial charge is 0.346 e. The number of fused-ring (bicyclic) bond motifs is 1. The van der Waals surface area contributed by atoms with Crippen LogP contribution in [0.15, 0.2) is 58.2 Å². The third kappa shape index (κ3) is 3.33. The Balaban J connectivity index is 1.83. The minimum atomic E-state index is -0.231. The first-order chi connectivity index (χ1) is 11.7. The highest BCUT2D eigenvalue weighted by molar-refractivity contribution is 7.99. The van der Waals surface area contributed by atoms with Crippen LogP contribution in [0, 0.1) is 0 Å². The van der Waals surface area contributed by atoms with Crippen LogP contribution in [0.3, 0.4) is 0 Å². The Bertz CT molecular complexity index is 937. The summed E-state index contributed by atoms with van der Waals surface area (Å²) in [7, 11) is 0. The topological polar surface area (TPSA) is 74.8 Å². The average Bonchev–Trinajstić information content (AvgIpc) is 2.62. The van der Waals surface area contributed by atoms with Crippen molar-refractivity contribution in [2.45, 2.75) is 18.4 Å². The van der Waals surface area contributed by atoms with E-state index in [4.69, 9.17) is 0 Å². The van der Waals surface area contributed by atoms with E-state index in [0.29, 0.717) is 16.6 Å². The fraction of sp³-hybridized carbons (Fsp3) is 0.167. The lowest BCUT2D eigenvalue weighted by Crippen LogP contribution is -2.25. The number of thioether (sulfide) groups is 1. The van der Waals surface area contributed by atoms with E-state index in [1.54, 1.807) is 23.9 Å². The molecule has 0 unspecified atom stereocenters. The maximum atomic E-state index is 12.5. The zero-order chi connectivity index (χ0) is 16.9. The third-order valence-electron chi connectivity index (χ3n) is 3.62. The molecule has 2 N–H and O–H groups in total. The summed E-state index contributed by atoms with van der Waals surface area (Å²) >= 11 is 1.63. The van der Waals surface area contributed by atoms with Crippen molar-refractivity contribution >= 4 is 28.4 Å². The van der Waals surface area contributed by atoms with Gasteiger partial charge < -0.3 is 5.32 Å². The zero-order valence-corrected chi connectivity index (χ0v) is 14.0. The highest BCUT2D eigenvalue weighted by Crippen LogP contribution is 2.22. The number of benzene rings is 2. The number of rotatable bonds is 5. The SMILES string of the molecule is CCSc1ccccc1C(=O)NCc1n[nH]c(=O)c2ccccc12. The van der Waals surface area contributed by atoms with Gasteiger partial charge in [-0.05, 0) is 24.0 Å². The normalized spacial score (nSPS) is 10.7. The number of amides is 1. The molecule has 0 radical (unpaired) electrons. The summed E-state index contributed by atoms with van der Waals surface area (Å²) < 4.78 is 0. The van der Waals surface area contributed by atoms with Gasteiger partial charge in [0, 0.05) is 10.3 Å². The van der Waals surface area contributed by atoms with Crippen molar-refractivity contribution in [1.29, 1.82) is 0 Å². The Morgan fingerprint density at radius 2 is 1.83 bits per heavy atom. The van der Waals surface area contributed by atoms with Gasteiger partial charge in [0.15, 0.2) is 0 Å². The summed E-state index contributed by atoms with van der Waals surface area (Å²) in [6.07, 6.45) is 0. The van der Waals surface area contributed by atoms with E-state index in [1.807, 2.05) is 36.4 Å². The average molecular weight is 339 g/mol. The van der Waals surface area contributed by atoms with Crippen LogP contribution in [0.1, 0.15) is 23.0 Å². The van der Waals surface area contributed by atoms with Crippen LogP contribution in [-0.4, -0.2) is 21.9 Å². The maximum absolute atomic E-state index is 12.5. The molecule has 0 saturated heterocycles. The van der Waals surface area contributed by atoms with Gasteiger partial charge in [0.1, 0.15) is 0 Å². The lowest BCUT2D eigenvalue weighted by atomic mass is 10.1. The number of nitrogens with one attached hydrogen (secondary N) is 2. The highest BCUT2D eigenvalue weighted by Gasteiger charge is 2.12. The van der Waals surface area contributed by atoms with E-state index in [2.05, 4.69) is 22.4 Å². The van der Waals surface area contributed by atoms with Crippen molar-refractivity contribution in [2.24, 2.45) is 0 Å². The molecule has 1 aromatic heterocycles. The van der Waals surface area contributed by atoms with Crippen molar-refractivity contribution in [3.05, 3.63) is 70.1 Å². The summed E-state index contributed by atoms with van der Waals surface area (Å²) in [6, 6.07) is 14.8. The van der Waals surface area contributed by atoms with Crippen molar-refractivity contribution in [3.8, 4) is 0 Å². The molecular formula is C18H17N3O2S. The Morgan fingerprint density at radius 1 is 1.12 bits per heavy atom. The first-order valence-corrected chi connectivity index (χ1v) is 8.65. The molecule has 3 aromatic rings. The van der Waals surface area contributed by atoms with Gasteiger partial charge >= 0.3 is 0 Å². The van der Waals surface area contributed by atoms with Crippen LogP contribution >= 0.6 is 11.8 Å². The van der Waals surface area contributed by atoms with E-state index in [1.165, 1.54) is 0 Å². The van der Waals surface area contributed by atoms with Crippen LogP contribution < -0.4 is 10.9 Å². The monoisotopic (exact) mass is 339 g/mol. The fourth-order valence-electron chi connectivity index (χ4n) is 2.50. The van der Waals surface area contributed by atoms with Gasteiger partial charge in [0.25, 0.3) is 11.5 Å². The molecule has 5 nitrogen and oxygen atoms in total. The van der Waals surface area contributed by atoms with E-state index in [9.17, 15) is 9.59 Å². The minimum absolute atomic E-state index is 0.149. The third-order valence-corrected chi connectivity index (χ3v) is 4.58. The Morgan fingerprint density at radius 3 is 2.62 bits per heavy atom. The molecule has 6 heteroatoms. The van der Waals surface area contributed by atoms with Gasteiger partial charge in [0.05, 0.1) is 23.2 Å². The van der Waals surface area contributed by atoms with Crippen molar-refractivity contribution < 1.29 is 4.79 Å². The summed E-state index contributed by atoms with van der Waals surface area (Å²) in [5.41, 5.74) is 1.06. The molecule has 0 aliphatic rings. The van der Waals surface area contributed by atoms with E-state index < -0.39 is 0 Å². The van der Waals surface area contributed by atoms with Gasteiger partial charge in [-0.25, -0.2) is 5.10 Å². The summed E-state index contributed by atoms with van der Waals surface area (Å²) in [6.45, 7) is 2.30. The van der Waals surface area contributed by atoms with Crippen LogP contribution in [-0.2, 0) is 6.54 Å². The molecule has 3 rings (SSSR count). The molecule has 122 valence electrons. The number of nitrogens with zero attached hydrogens (tertiary/aromatic N) is 1. The second-order valence-corrected chi connectivity index (χ2v) is 6.46. The van der Waals surface area contributed by atoms with E-state index in [0.717, 1.165) is 16.0 Å². The molecule has 0 saturated carbocycles. The smallest absolute Gasteiger partial charge is 0.272 e. The minimum Gasteiger partial charge on any atom is -0.346 e. The second-order valence-electron chi connectivity index (χ2n) is 5.16. The summed E-state index contributed by atoms with van der Waals surface area (Å²) in [5.74, 6) is 0.750. The molecule has 0 spiro atoms. The van der Waals surface area contributed by atoms with Crippen molar-refractivity contribution in [3.63, 3.8) is 0 Å². The molecule has 1 heterocycles. The van der Waals surface area contributed by atoms with Crippen LogP contribution in [0.5, 0.6) is 0 Å².